The van der Waals surface area contributed by atoms with Crippen molar-refractivity contribution in [2.45, 2.75) is 40.2 Å². The summed E-state index contributed by atoms with van der Waals surface area (Å²) in [6.07, 6.45) is -0.330. The van der Waals surface area contributed by atoms with Crippen LogP contribution in [0.4, 0.5) is 0 Å². The minimum Gasteiger partial charge on any atom is -0.479 e. The summed E-state index contributed by atoms with van der Waals surface area (Å²) in [5.41, 5.74) is 3.30. The minimum absolute atomic E-state index is 0.338. The smallest absolute Gasteiger partial charge is 0.333 e. The van der Waals surface area contributed by atoms with E-state index in [9.17, 15) is 9.90 Å². The number of ether oxygens (including phenoxy) is 1. The fourth-order valence-electron chi connectivity index (χ4n) is 1.75. The summed E-state index contributed by atoms with van der Waals surface area (Å²) < 4.78 is 5.46. The van der Waals surface area contributed by atoms with Crippen molar-refractivity contribution in [1.82, 2.24) is 0 Å². The van der Waals surface area contributed by atoms with Crippen molar-refractivity contribution in [3.05, 3.63) is 34.9 Å². The van der Waals surface area contributed by atoms with Crippen molar-refractivity contribution < 1.29 is 14.6 Å². The van der Waals surface area contributed by atoms with Gasteiger partial charge in [0.2, 0.25) is 0 Å². The number of aryl methyl sites for hydroxylation is 2. The first-order valence-corrected chi connectivity index (χ1v) is 6.30. The fourth-order valence-corrected chi connectivity index (χ4v) is 1.75. The minimum atomic E-state index is -0.892. The predicted octanol–water partition coefficient (Wildman–Crippen LogP) is 2.97. The van der Waals surface area contributed by atoms with E-state index in [-0.39, 0.29) is 0 Å². The Morgan fingerprint density at radius 2 is 2.00 bits per heavy atom. The highest BCUT2D eigenvalue weighted by atomic mass is 16.5. The van der Waals surface area contributed by atoms with Crippen molar-refractivity contribution in [1.29, 1.82) is 0 Å². The summed E-state index contributed by atoms with van der Waals surface area (Å²) in [7, 11) is 0. The summed E-state index contributed by atoms with van der Waals surface area (Å²) in [4.78, 5) is 11.2. The van der Waals surface area contributed by atoms with Gasteiger partial charge in [-0.3, -0.25) is 0 Å². The van der Waals surface area contributed by atoms with Crippen LogP contribution in [-0.4, -0.2) is 23.8 Å². The molecule has 1 N–H and O–H groups in total. The van der Waals surface area contributed by atoms with Crippen LogP contribution in [0.5, 0.6) is 0 Å². The average molecular weight is 250 g/mol. The van der Waals surface area contributed by atoms with Gasteiger partial charge in [-0.05, 0) is 30.9 Å². The second kappa shape index (κ2) is 6.55. The number of carboxylic acid groups (broad SMARTS) is 1. The molecule has 0 unspecified atom stereocenters. The molecule has 0 aliphatic carbocycles. The molecule has 3 heteroatoms. The van der Waals surface area contributed by atoms with Crippen LogP contribution < -0.4 is 0 Å². The number of rotatable bonds is 6. The highest BCUT2D eigenvalue weighted by Crippen LogP contribution is 2.15. The molecule has 0 bridgehead atoms. The Balaban J connectivity index is 2.76. The molecule has 0 heterocycles. The van der Waals surface area contributed by atoms with E-state index in [4.69, 9.17) is 4.74 Å². The molecule has 0 aliphatic heterocycles. The molecule has 0 aliphatic rings. The van der Waals surface area contributed by atoms with Crippen LogP contribution in [0, 0.1) is 19.8 Å². The largest absolute Gasteiger partial charge is 0.479 e. The molecule has 0 amide bonds. The zero-order valence-electron chi connectivity index (χ0n) is 11.6. The maximum Gasteiger partial charge on any atom is 0.333 e. The summed E-state index contributed by atoms with van der Waals surface area (Å²) in [6.45, 7) is 8.50. The normalized spacial score (nSPS) is 12.7. The first-order valence-electron chi connectivity index (χ1n) is 6.30. The maximum absolute atomic E-state index is 11.2. The number of aliphatic carboxylic acids is 1. The van der Waals surface area contributed by atoms with E-state index in [2.05, 4.69) is 0 Å². The van der Waals surface area contributed by atoms with Crippen LogP contribution in [0.15, 0.2) is 18.2 Å². The Kier molecular flexibility index (Phi) is 5.35. The fraction of sp³-hybridized carbons (Fsp3) is 0.533. The lowest BCUT2D eigenvalue weighted by atomic mass is 10.00. The van der Waals surface area contributed by atoms with Crippen LogP contribution in [0.25, 0.3) is 0 Å². The van der Waals surface area contributed by atoms with Crippen molar-refractivity contribution in [2.24, 2.45) is 5.92 Å². The van der Waals surface area contributed by atoms with Gasteiger partial charge < -0.3 is 9.84 Å². The van der Waals surface area contributed by atoms with Crippen molar-refractivity contribution in [2.75, 3.05) is 6.61 Å². The van der Waals surface area contributed by atoms with Gasteiger partial charge in [0.15, 0.2) is 6.10 Å². The molecule has 0 saturated heterocycles. The molecule has 0 fully saturated rings. The van der Waals surface area contributed by atoms with E-state index in [0.717, 1.165) is 16.7 Å². The Morgan fingerprint density at radius 1 is 1.33 bits per heavy atom. The monoisotopic (exact) mass is 250 g/mol. The molecule has 100 valence electrons. The van der Waals surface area contributed by atoms with Crippen molar-refractivity contribution >= 4 is 5.97 Å². The summed E-state index contributed by atoms with van der Waals surface area (Å²) in [6, 6.07) is 6.08. The zero-order valence-corrected chi connectivity index (χ0v) is 11.6. The molecule has 3 nitrogen and oxygen atoms in total. The molecule has 1 atom stereocenters. The van der Waals surface area contributed by atoms with Gasteiger partial charge in [-0.15, -0.1) is 0 Å². The molecule has 0 aromatic heterocycles. The van der Waals surface area contributed by atoms with Crippen LogP contribution in [0.2, 0.25) is 0 Å². The SMILES string of the molecule is Cc1ccc(C)c(C[C@H](OCC(C)C)C(=O)O)c1. The summed E-state index contributed by atoms with van der Waals surface area (Å²) in [5, 5.41) is 9.18. The van der Waals surface area contributed by atoms with E-state index in [0.29, 0.717) is 18.9 Å². The van der Waals surface area contributed by atoms with E-state index in [1.807, 2.05) is 45.9 Å². The first-order chi connectivity index (χ1) is 8.40. The third kappa shape index (κ3) is 4.49. The second-order valence-electron chi connectivity index (χ2n) is 5.19. The molecule has 0 spiro atoms. The van der Waals surface area contributed by atoms with E-state index in [1.165, 1.54) is 0 Å². The van der Waals surface area contributed by atoms with Crippen molar-refractivity contribution in [3.8, 4) is 0 Å². The van der Waals surface area contributed by atoms with Gasteiger partial charge in [-0.25, -0.2) is 4.79 Å². The number of carbonyl (C=O) groups is 1. The first kappa shape index (κ1) is 14.7. The molecular formula is C15H22O3. The van der Waals surface area contributed by atoms with Crippen LogP contribution >= 0.6 is 0 Å². The van der Waals surface area contributed by atoms with Gasteiger partial charge in [-0.1, -0.05) is 37.6 Å². The Hall–Kier alpha value is -1.35. The summed E-state index contributed by atoms with van der Waals surface area (Å²) >= 11 is 0. The van der Waals surface area contributed by atoms with Crippen LogP contribution in [-0.2, 0) is 16.0 Å². The third-order valence-corrected chi connectivity index (χ3v) is 2.82. The second-order valence-corrected chi connectivity index (χ2v) is 5.19. The van der Waals surface area contributed by atoms with Gasteiger partial charge in [0.1, 0.15) is 0 Å². The lowest BCUT2D eigenvalue weighted by Gasteiger charge is -2.16. The molecule has 18 heavy (non-hydrogen) atoms. The van der Waals surface area contributed by atoms with Gasteiger partial charge in [0, 0.05) is 6.42 Å². The standard InChI is InChI=1S/C15H22O3/c1-10(2)9-18-14(15(16)17)8-13-7-11(3)5-6-12(13)4/h5-7,10,14H,8-9H2,1-4H3,(H,16,17)/t14-/m0/s1. The Bertz CT molecular complexity index is 410. The number of hydrogen-bond acceptors (Lipinski definition) is 2. The lowest BCUT2D eigenvalue weighted by molar-refractivity contribution is -0.150. The molecule has 0 radical (unpaired) electrons. The predicted molar refractivity (Wildman–Crippen MR) is 71.8 cm³/mol. The van der Waals surface area contributed by atoms with E-state index >= 15 is 0 Å². The maximum atomic E-state index is 11.2. The zero-order chi connectivity index (χ0) is 13.7. The highest BCUT2D eigenvalue weighted by Gasteiger charge is 2.20. The number of carboxylic acids is 1. The topological polar surface area (TPSA) is 46.5 Å². The number of hydrogen-bond donors (Lipinski definition) is 1. The Morgan fingerprint density at radius 3 is 2.56 bits per heavy atom. The molecule has 1 aromatic rings. The van der Waals surface area contributed by atoms with E-state index < -0.39 is 12.1 Å². The van der Waals surface area contributed by atoms with Gasteiger partial charge in [0.25, 0.3) is 0 Å². The van der Waals surface area contributed by atoms with Crippen LogP contribution in [0.1, 0.15) is 30.5 Å². The molecule has 1 aromatic carbocycles. The average Bonchev–Trinajstić information content (AvgIpc) is 2.28. The van der Waals surface area contributed by atoms with Crippen molar-refractivity contribution in [3.63, 3.8) is 0 Å². The van der Waals surface area contributed by atoms with E-state index in [1.54, 1.807) is 0 Å². The molecule has 1 rings (SSSR count). The van der Waals surface area contributed by atoms with Gasteiger partial charge in [0.05, 0.1) is 6.61 Å². The number of benzene rings is 1. The van der Waals surface area contributed by atoms with Crippen LogP contribution in [0.3, 0.4) is 0 Å². The van der Waals surface area contributed by atoms with Gasteiger partial charge >= 0.3 is 5.97 Å². The quantitative estimate of drug-likeness (QED) is 0.844. The molecule has 0 saturated carbocycles. The third-order valence-electron chi connectivity index (χ3n) is 2.82. The lowest BCUT2D eigenvalue weighted by Crippen LogP contribution is -2.28. The highest BCUT2D eigenvalue weighted by molar-refractivity contribution is 5.72. The van der Waals surface area contributed by atoms with Gasteiger partial charge in [-0.2, -0.15) is 0 Å². The summed E-state index contributed by atoms with van der Waals surface area (Å²) in [5.74, 6) is -0.554. The molecular weight excluding hydrogens is 228 g/mol. The Labute approximate surface area is 109 Å².